The molecule has 9 heteroatoms. The SMILES string of the molecule is Cc1ccc(S(=O)(=O)NC(C)(C)C)cc1C(=O)N1CCN(c2ncccc2C#N)CC1. The molecule has 1 aromatic heterocycles. The normalized spacial score (nSPS) is 14.9. The molecule has 1 aromatic carbocycles. The summed E-state index contributed by atoms with van der Waals surface area (Å²) in [5.74, 6) is 0.418. The Morgan fingerprint density at radius 2 is 1.84 bits per heavy atom. The largest absolute Gasteiger partial charge is 0.352 e. The molecule has 164 valence electrons. The molecule has 1 aliphatic rings. The first-order chi connectivity index (χ1) is 14.5. The second-order valence-corrected chi connectivity index (χ2v) is 10.3. The van der Waals surface area contributed by atoms with Crippen LogP contribution in [0.1, 0.15) is 42.3 Å². The minimum atomic E-state index is -3.74. The highest BCUT2D eigenvalue weighted by Gasteiger charge is 2.27. The quantitative estimate of drug-likeness (QED) is 0.780. The number of pyridine rings is 1. The number of piperazine rings is 1. The van der Waals surface area contributed by atoms with Crippen LogP contribution in [0.4, 0.5) is 5.82 Å². The Labute approximate surface area is 183 Å². The number of nitrogens with one attached hydrogen (secondary N) is 1. The molecule has 8 nitrogen and oxygen atoms in total. The topological polar surface area (TPSA) is 106 Å². The monoisotopic (exact) mass is 441 g/mol. The highest BCUT2D eigenvalue weighted by Crippen LogP contribution is 2.22. The fraction of sp³-hybridized carbons (Fsp3) is 0.409. The molecular formula is C22H27N5O3S. The van der Waals surface area contributed by atoms with Crippen molar-refractivity contribution in [1.29, 1.82) is 5.26 Å². The molecule has 0 saturated carbocycles. The molecule has 0 radical (unpaired) electrons. The summed E-state index contributed by atoms with van der Waals surface area (Å²) in [4.78, 5) is 21.3. The van der Waals surface area contributed by atoms with Gasteiger partial charge in [0, 0.05) is 43.5 Å². The average Bonchev–Trinajstić information content (AvgIpc) is 2.72. The van der Waals surface area contributed by atoms with E-state index in [-0.39, 0.29) is 10.8 Å². The Balaban J connectivity index is 1.78. The van der Waals surface area contributed by atoms with Crippen molar-refractivity contribution in [2.75, 3.05) is 31.1 Å². The summed E-state index contributed by atoms with van der Waals surface area (Å²) >= 11 is 0. The molecular weight excluding hydrogens is 414 g/mol. The molecule has 2 heterocycles. The molecule has 0 atom stereocenters. The van der Waals surface area contributed by atoms with Crippen molar-refractivity contribution in [2.45, 2.75) is 38.1 Å². The molecule has 1 aliphatic heterocycles. The van der Waals surface area contributed by atoms with Crippen LogP contribution < -0.4 is 9.62 Å². The second kappa shape index (κ2) is 8.65. The standard InChI is InChI=1S/C22H27N5O3S/c1-16-7-8-18(31(29,30)25-22(2,3)4)14-19(16)21(28)27-12-10-26(11-13-27)20-17(15-23)6-5-9-24-20/h5-9,14,25H,10-13H2,1-4H3. The van der Waals surface area contributed by atoms with Crippen molar-refractivity contribution >= 4 is 21.7 Å². The summed E-state index contributed by atoms with van der Waals surface area (Å²) in [5, 5.41) is 9.30. The molecule has 31 heavy (non-hydrogen) atoms. The number of carbonyl (C=O) groups is 1. The van der Waals surface area contributed by atoms with Gasteiger partial charge in [0.15, 0.2) is 0 Å². The number of amides is 1. The first kappa shape index (κ1) is 22.7. The van der Waals surface area contributed by atoms with Crippen molar-refractivity contribution in [1.82, 2.24) is 14.6 Å². The lowest BCUT2D eigenvalue weighted by Crippen LogP contribution is -2.49. The van der Waals surface area contributed by atoms with Crippen LogP contribution in [0.3, 0.4) is 0 Å². The fourth-order valence-corrected chi connectivity index (χ4v) is 4.93. The summed E-state index contributed by atoms with van der Waals surface area (Å²) in [6.45, 7) is 9.09. The zero-order valence-electron chi connectivity index (χ0n) is 18.2. The van der Waals surface area contributed by atoms with Gasteiger partial charge in [0.25, 0.3) is 5.91 Å². The number of nitriles is 1. The second-order valence-electron chi connectivity index (χ2n) is 8.60. The van der Waals surface area contributed by atoms with Crippen LogP contribution in [-0.4, -0.2) is 55.9 Å². The summed E-state index contributed by atoms with van der Waals surface area (Å²) in [7, 11) is -3.74. The van der Waals surface area contributed by atoms with E-state index in [4.69, 9.17) is 0 Å². The molecule has 0 bridgehead atoms. The molecule has 1 fully saturated rings. The molecule has 1 amide bonds. The van der Waals surface area contributed by atoms with Crippen molar-refractivity contribution in [3.63, 3.8) is 0 Å². The maximum atomic E-state index is 13.2. The third-order valence-electron chi connectivity index (χ3n) is 4.96. The Morgan fingerprint density at radius 3 is 2.45 bits per heavy atom. The lowest BCUT2D eigenvalue weighted by atomic mass is 10.1. The first-order valence-electron chi connectivity index (χ1n) is 10.1. The van der Waals surface area contributed by atoms with Gasteiger partial charge in [0.2, 0.25) is 10.0 Å². The molecule has 0 spiro atoms. The highest BCUT2D eigenvalue weighted by molar-refractivity contribution is 7.89. The van der Waals surface area contributed by atoms with E-state index in [2.05, 4.69) is 15.8 Å². The van der Waals surface area contributed by atoms with Crippen LogP contribution in [0.25, 0.3) is 0 Å². The predicted octanol–water partition coefficient (Wildman–Crippen LogP) is 2.30. The minimum Gasteiger partial charge on any atom is -0.352 e. The number of hydrogen-bond donors (Lipinski definition) is 1. The molecule has 0 unspecified atom stereocenters. The third-order valence-corrected chi connectivity index (χ3v) is 6.72. The maximum absolute atomic E-state index is 13.2. The van der Waals surface area contributed by atoms with Crippen molar-refractivity contribution in [3.8, 4) is 6.07 Å². The lowest BCUT2D eigenvalue weighted by molar-refractivity contribution is 0.0745. The lowest BCUT2D eigenvalue weighted by Gasteiger charge is -2.36. The van der Waals surface area contributed by atoms with Gasteiger partial charge in [-0.15, -0.1) is 0 Å². The average molecular weight is 442 g/mol. The molecule has 2 aromatic rings. The summed E-state index contributed by atoms with van der Waals surface area (Å²) in [6.07, 6.45) is 1.65. The van der Waals surface area contributed by atoms with Gasteiger partial charge in [-0.25, -0.2) is 18.1 Å². The van der Waals surface area contributed by atoms with Crippen LogP contribution >= 0.6 is 0 Å². The molecule has 1 N–H and O–H groups in total. The zero-order valence-corrected chi connectivity index (χ0v) is 19.0. The van der Waals surface area contributed by atoms with Gasteiger partial charge in [-0.2, -0.15) is 5.26 Å². The van der Waals surface area contributed by atoms with E-state index >= 15 is 0 Å². The number of rotatable bonds is 4. The number of anilines is 1. The van der Waals surface area contributed by atoms with E-state index in [9.17, 15) is 18.5 Å². The van der Waals surface area contributed by atoms with Crippen molar-refractivity contribution < 1.29 is 13.2 Å². The fourth-order valence-electron chi connectivity index (χ4n) is 3.49. The molecule has 0 aliphatic carbocycles. The van der Waals surface area contributed by atoms with Crippen LogP contribution in [0, 0.1) is 18.3 Å². The van der Waals surface area contributed by atoms with E-state index < -0.39 is 15.6 Å². The highest BCUT2D eigenvalue weighted by atomic mass is 32.2. The Kier molecular flexibility index (Phi) is 6.34. The number of benzene rings is 1. The van der Waals surface area contributed by atoms with E-state index in [0.29, 0.717) is 43.1 Å². The zero-order chi connectivity index (χ0) is 22.8. The number of aryl methyl sites for hydroxylation is 1. The third kappa shape index (κ3) is 5.21. The van der Waals surface area contributed by atoms with E-state index in [0.717, 1.165) is 5.56 Å². The summed E-state index contributed by atoms with van der Waals surface area (Å²) in [5.41, 5.74) is 0.972. The Hall–Kier alpha value is -2.96. The molecule has 1 saturated heterocycles. The van der Waals surface area contributed by atoms with Crippen LogP contribution in [0.5, 0.6) is 0 Å². The van der Waals surface area contributed by atoms with Gasteiger partial charge in [-0.1, -0.05) is 6.07 Å². The van der Waals surface area contributed by atoms with Crippen LogP contribution in [0.15, 0.2) is 41.4 Å². The smallest absolute Gasteiger partial charge is 0.254 e. The van der Waals surface area contributed by atoms with Gasteiger partial charge in [-0.3, -0.25) is 4.79 Å². The number of hydrogen-bond acceptors (Lipinski definition) is 6. The summed E-state index contributed by atoms with van der Waals surface area (Å²) in [6, 6.07) is 10.2. The maximum Gasteiger partial charge on any atom is 0.254 e. The van der Waals surface area contributed by atoms with Crippen molar-refractivity contribution in [2.24, 2.45) is 0 Å². The summed E-state index contributed by atoms with van der Waals surface area (Å²) < 4.78 is 28.0. The van der Waals surface area contributed by atoms with Gasteiger partial charge in [0.05, 0.1) is 10.5 Å². The van der Waals surface area contributed by atoms with E-state index in [1.807, 2.05) is 4.90 Å². The molecule has 3 rings (SSSR count). The van der Waals surface area contributed by atoms with Crippen molar-refractivity contribution in [3.05, 3.63) is 53.2 Å². The van der Waals surface area contributed by atoms with E-state index in [1.54, 1.807) is 57.0 Å². The number of aromatic nitrogens is 1. The Bertz CT molecular complexity index is 1120. The van der Waals surface area contributed by atoms with Gasteiger partial charge in [0.1, 0.15) is 11.9 Å². The Morgan fingerprint density at radius 1 is 1.16 bits per heavy atom. The predicted molar refractivity (Wildman–Crippen MR) is 118 cm³/mol. The van der Waals surface area contributed by atoms with Gasteiger partial charge >= 0.3 is 0 Å². The minimum absolute atomic E-state index is 0.0714. The first-order valence-corrected chi connectivity index (χ1v) is 11.5. The number of nitrogens with zero attached hydrogens (tertiary/aromatic N) is 4. The number of carbonyl (C=O) groups excluding carboxylic acids is 1. The van der Waals surface area contributed by atoms with Crippen LogP contribution in [-0.2, 0) is 10.0 Å². The number of sulfonamides is 1. The van der Waals surface area contributed by atoms with E-state index in [1.165, 1.54) is 12.1 Å². The van der Waals surface area contributed by atoms with Gasteiger partial charge in [-0.05, 0) is 57.5 Å². The van der Waals surface area contributed by atoms with Crippen LogP contribution in [0.2, 0.25) is 0 Å². The van der Waals surface area contributed by atoms with Gasteiger partial charge < -0.3 is 9.80 Å².